The highest BCUT2D eigenvalue weighted by atomic mass is 16.5. The molecule has 178 valence electrons. The monoisotopic (exact) mass is 464 g/mol. The van der Waals surface area contributed by atoms with Gasteiger partial charge >= 0.3 is 0 Å². The highest BCUT2D eigenvalue weighted by Crippen LogP contribution is 2.26. The van der Waals surface area contributed by atoms with Crippen molar-refractivity contribution < 1.29 is 29.2 Å². The number of rotatable bonds is 12. The minimum Gasteiger partial charge on any atom is -0.507 e. The minimum absolute atomic E-state index is 0.133. The number of methoxy groups -OCH3 is 2. The van der Waals surface area contributed by atoms with Gasteiger partial charge in [-0.15, -0.1) is 0 Å². The summed E-state index contributed by atoms with van der Waals surface area (Å²) in [6.45, 7) is 1.49. The second-order valence-corrected chi connectivity index (χ2v) is 7.06. The fourth-order valence-electron chi connectivity index (χ4n) is 2.96. The maximum Gasteiger partial charge on any atom is 0.161 e. The Balaban J connectivity index is 1.46. The van der Waals surface area contributed by atoms with E-state index in [2.05, 4.69) is 9.98 Å². The number of para-hydroxylation sites is 2. The molecule has 0 aliphatic carbocycles. The van der Waals surface area contributed by atoms with Gasteiger partial charge in [0.25, 0.3) is 0 Å². The predicted octanol–water partition coefficient (Wildman–Crippen LogP) is 4.11. The van der Waals surface area contributed by atoms with Gasteiger partial charge in [0.05, 0.1) is 27.3 Å². The first-order valence-corrected chi connectivity index (χ1v) is 10.7. The lowest BCUT2D eigenvalue weighted by molar-refractivity contribution is 0.278. The molecule has 0 spiro atoms. The summed E-state index contributed by atoms with van der Waals surface area (Å²) in [5, 5.41) is 19.8. The van der Waals surface area contributed by atoms with E-state index in [4.69, 9.17) is 18.9 Å². The van der Waals surface area contributed by atoms with Crippen molar-refractivity contribution in [1.82, 2.24) is 0 Å². The van der Waals surface area contributed by atoms with E-state index < -0.39 is 0 Å². The molecule has 0 saturated carbocycles. The maximum absolute atomic E-state index is 9.90. The van der Waals surface area contributed by atoms with E-state index in [-0.39, 0.29) is 11.5 Å². The molecule has 3 rings (SSSR count). The molecule has 2 N–H and O–H groups in total. The lowest BCUT2D eigenvalue weighted by atomic mass is 10.2. The summed E-state index contributed by atoms with van der Waals surface area (Å²) in [6.07, 6.45) is 3.17. The molecule has 0 aliphatic heterocycles. The number of aromatic hydroxyl groups is 2. The molecule has 0 radical (unpaired) electrons. The van der Waals surface area contributed by atoms with Crippen LogP contribution in [0.2, 0.25) is 0 Å². The third kappa shape index (κ3) is 7.16. The zero-order valence-corrected chi connectivity index (χ0v) is 19.2. The molecular formula is C26H28N2O6. The number of phenols is 2. The van der Waals surface area contributed by atoms with Gasteiger partial charge in [-0.1, -0.05) is 12.1 Å². The van der Waals surface area contributed by atoms with Gasteiger partial charge in [0.2, 0.25) is 0 Å². The number of aliphatic imine (C=N–C) groups is 2. The molecule has 0 heterocycles. The Hall–Kier alpha value is -4.20. The smallest absolute Gasteiger partial charge is 0.161 e. The largest absolute Gasteiger partial charge is 0.507 e. The minimum atomic E-state index is 0.133. The number of phenolic OH excluding ortho intramolecular Hbond substituents is 2. The first kappa shape index (κ1) is 24.4. The van der Waals surface area contributed by atoms with Crippen LogP contribution in [0.3, 0.4) is 0 Å². The van der Waals surface area contributed by atoms with Gasteiger partial charge in [0, 0.05) is 23.6 Å². The Morgan fingerprint density at radius 3 is 1.53 bits per heavy atom. The van der Waals surface area contributed by atoms with E-state index in [9.17, 15) is 10.2 Å². The lowest BCUT2D eigenvalue weighted by Crippen LogP contribution is -2.06. The Labute approximate surface area is 198 Å². The third-order valence-corrected chi connectivity index (χ3v) is 4.74. The molecule has 0 fully saturated rings. The third-order valence-electron chi connectivity index (χ3n) is 4.74. The summed E-state index contributed by atoms with van der Waals surface area (Å²) in [5.41, 5.74) is 1.15. The van der Waals surface area contributed by atoms with Crippen molar-refractivity contribution in [2.45, 2.75) is 0 Å². The quantitative estimate of drug-likeness (QED) is 0.309. The molecule has 34 heavy (non-hydrogen) atoms. The van der Waals surface area contributed by atoms with Crippen molar-refractivity contribution in [3.05, 3.63) is 71.8 Å². The van der Waals surface area contributed by atoms with E-state index in [0.717, 1.165) is 0 Å². The summed E-state index contributed by atoms with van der Waals surface area (Å²) in [6, 6.07) is 17.3. The van der Waals surface area contributed by atoms with Crippen molar-refractivity contribution in [2.24, 2.45) is 9.98 Å². The van der Waals surface area contributed by atoms with E-state index in [1.807, 2.05) is 24.3 Å². The van der Waals surface area contributed by atoms with Gasteiger partial charge < -0.3 is 29.2 Å². The molecular weight excluding hydrogens is 436 g/mol. The van der Waals surface area contributed by atoms with Crippen molar-refractivity contribution in [3.63, 3.8) is 0 Å². The van der Waals surface area contributed by atoms with Gasteiger partial charge in [0.1, 0.15) is 36.2 Å². The summed E-state index contributed by atoms with van der Waals surface area (Å²) in [4.78, 5) is 8.60. The number of nitrogens with zero attached hydrogens (tertiary/aromatic N) is 2. The fraction of sp³-hybridized carbons (Fsp3) is 0.231. The molecule has 0 aromatic heterocycles. The number of benzene rings is 3. The number of hydrogen-bond acceptors (Lipinski definition) is 8. The van der Waals surface area contributed by atoms with Gasteiger partial charge in [-0.05, 0) is 48.5 Å². The van der Waals surface area contributed by atoms with Crippen LogP contribution in [0.4, 0.5) is 0 Å². The Kier molecular flexibility index (Phi) is 9.16. The zero-order chi connectivity index (χ0) is 24.2. The van der Waals surface area contributed by atoms with Gasteiger partial charge in [-0.3, -0.25) is 9.98 Å². The fourth-order valence-corrected chi connectivity index (χ4v) is 2.96. The van der Waals surface area contributed by atoms with E-state index in [1.54, 1.807) is 63.0 Å². The summed E-state index contributed by atoms with van der Waals surface area (Å²) >= 11 is 0. The predicted molar refractivity (Wildman–Crippen MR) is 132 cm³/mol. The zero-order valence-electron chi connectivity index (χ0n) is 19.2. The second-order valence-electron chi connectivity index (χ2n) is 7.06. The Bertz CT molecular complexity index is 1040. The van der Waals surface area contributed by atoms with Crippen molar-refractivity contribution in [2.75, 3.05) is 40.5 Å². The Morgan fingerprint density at radius 1 is 0.676 bits per heavy atom. The van der Waals surface area contributed by atoms with Crippen LogP contribution in [-0.2, 0) is 0 Å². The van der Waals surface area contributed by atoms with Crippen LogP contribution in [0.15, 0.2) is 70.6 Å². The lowest BCUT2D eigenvalue weighted by Gasteiger charge is -2.11. The summed E-state index contributed by atoms with van der Waals surface area (Å²) in [5.74, 6) is 2.77. The van der Waals surface area contributed by atoms with Crippen LogP contribution in [0.1, 0.15) is 11.1 Å². The van der Waals surface area contributed by atoms with Crippen LogP contribution in [0, 0.1) is 0 Å². The Morgan fingerprint density at radius 2 is 1.12 bits per heavy atom. The van der Waals surface area contributed by atoms with Crippen molar-refractivity contribution in [3.8, 4) is 34.5 Å². The highest BCUT2D eigenvalue weighted by molar-refractivity contribution is 5.84. The van der Waals surface area contributed by atoms with Gasteiger partial charge in [-0.2, -0.15) is 0 Å². The van der Waals surface area contributed by atoms with Crippen LogP contribution < -0.4 is 18.9 Å². The standard InChI is InChI=1S/C26H28N2O6/c1-31-21-7-9-23(29)19(15-21)17-27-11-13-33-25-5-3-4-6-26(25)34-14-12-28-18-20-16-22(32-2)8-10-24(20)30/h3-10,15-18,29-30H,11-14H2,1-2H3. The summed E-state index contributed by atoms with van der Waals surface area (Å²) in [7, 11) is 3.14. The number of hydrogen-bond donors (Lipinski definition) is 2. The van der Waals surface area contributed by atoms with Crippen molar-refractivity contribution in [1.29, 1.82) is 0 Å². The SMILES string of the molecule is COc1ccc(O)c(C=NCCOc2ccccc2OCCN=Cc2cc(OC)ccc2O)c1. The van der Waals surface area contributed by atoms with E-state index in [0.29, 0.717) is 60.4 Å². The van der Waals surface area contributed by atoms with Crippen LogP contribution in [0.25, 0.3) is 0 Å². The first-order valence-electron chi connectivity index (χ1n) is 10.7. The van der Waals surface area contributed by atoms with Crippen LogP contribution in [-0.4, -0.2) is 63.2 Å². The van der Waals surface area contributed by atoms with Crippen LogP contribution >= 0.6 is 0 Å². The molecule has 0 amide bonds. The van der Waals surface area contributed by atoms with E-state index >= 15 is 0 Å². The second kappa shape index (κ2) is 12.7. The molecule has 0 atom stereocenters. The molecule has 3 aromatic rings. The summed E-state index contributed by atoms with van der Waals surface area (Å²) < 4.78 is 21.9. The maximum atomic E-state index is 9.90. The van der Waals surface area contributed by atoms with Gasteiger partial charge in [0.15, 0.2) is 11.5 Å². The highest BCUT2D eigenvalue weighted by Gasteiger charge is 2.05. The molecule has 8 nitrogen and oxygen atoms in total. The molecule has 8 heteroatoms. The molecule has 0 aliphatic rings. The topological polar surface area (TPSA) is 102 Å². The normalized spacial score (nSPS) is 11.1. The van der Waals surface area contributed by atoms with Crippen molar-refractivity contribution >= 4 is 12.4 Å². The molecule has 0 bridgehead atoms. The molecule has 0 saturated heterocycles. The molecule has 3 aromatic carbocycles. The number of ether oxygens (including phenoxy) is 4. The molecule has 0 unspecified atom stereocenters. The van der Waals surface area contributed by atoms with Gasteiger partial charge in [-0.25, -0.2) is 0 Å². The average molecular weight is 465 g/mol. The van der Waals surface area contributed by atoms with Crippen LogP contribution in [0.5, 0.6) is 34.5 Å². The average Bonchev–Trinajstić information content (AvgIpc) is 2.86. The first-order chi connectivity index (χ1) is 16.6. The van der Waals surface area contributed by atoms with E-state index in [1.165, 1.54) is 0 Å².